The van der Waals surface area contributed by atoms with Crippen LogP contribution in [0.2, 0.25) is 0 Å². The van der Waals surface area contributed by atoms with Crippen molar-refractivity contribution >= 4 is 5.57 Å². The van der Waals surface area contributed by atoms with Crippen LogP contribution in [0.25, 0.3) is 28.4 Å². The summed E-state index contributed by atoms with van der Waals surface area (Å²) < 4.78 is 46.9. The number of hydrogen-bond acceptors (Lipinski definition) is 4. The number of hydrogen-bond donors (Lipinski definition) is 1. The van der Waals surface area contributed by atoms with Gasteiger partial charge in [0.2, 0.25) is 5.82 Å². The molecule has 7 heteroatoms. The maximum atomic E-state index is 13.9. The van der Waals surface area contributed by atoms with Crippen molar-refractivity contribution < 1.29 is 17.7 Å². The number of alkyl halides is 3. The molecule has 1 aromatic heterocycles. The summed E-state index contributed by atoms with van der Waals surface area (Å²) in [6.45, 7) is 3.75. The van der Waals surface area contributed by atoms with Crippen LogP contribution in [0.1, 0.15) is 49.4 Å². The third kappa shape index (κ3) is 4.32. The Labute approximate surface area is 178 Å². The molecule has 1 atom stereocenters. The zero-order valence-electron chi connectivity index (χ0n) is 17.2. The predicted molar refractivity (Wildman–Crippen MR) is 114 cm³/mol. The molecule has 31 heavy (non-hydrogen) atoms. The lowest BCUT2D eigenvalue weighted by molar-refractivity contribution is -0.137. The Balaban J connectivity index is 1.72. The van der Waals surface area contributed by atoms with Gasteiger partial charge in [-0.05, 0) is 55.5 Å². The lowest BCUT2D eigenvalue weighted by atomic mass is 9.89. The lowest BCUT2D eigenvalue weighted by Crippen LogP contribution is -2.10. The number of nitrogens with zero attached hydrogens (tertiary/aromatic N) is 2. The first-order valence-electron chi connectivity index (χ1n) is 10.0. The van der Waals surface area contributed by atoms with Crippen molar-refractivity contribution in [2.24, 2.45) is 5.73 Å². The van der Waals surface area contributed by atoms with Crippen molar-refractivity contribution in [3.05, 3.63) is 76.9 Å². The van der Waals surface area contributed by atoms with Gasteiger partial charge in [-0.2, -0.15) is 18.2 Å². The van der Waals surface area contributed by atoms with E-state index >= 15 is 0 Å². The molecule has 3 aromatic rings. The molecule has 0 unspecified atom stereocenters. The summed E-state index contributed by atoms with van der Waals surface area (Å²) in [5.41, 5.74) is 8.74. The first kappa shape index (κ1) is 21.1. The Hall–Kier alpha value is -3.19. The largest absolute Gasteiger partial charge is 0.417 e. The van der Waals surface area contributed by atoms with Crippen molar-refractivity contribution in [3.63, 3.8) is 0 Å². The number of aromatic nitrogens is 2. The minimum atomic E-state index is -4.51. The van der Waals surface area contributed by atoms with Crippen LogP contribution in [-0.4, -0.2) is 10.1 Å². The molecule has 0 aliphatic heterocycles. The van der Waals surface area contributed by atoms with E-state index in [9.17, 15) is 13.2 Å². The number of benzene rings is 2. The molecule has 0 amide bonds. The van der Waals surface area contributed by atoms with Gasteiger partial charge < -0.3 is 10.3 Å². The number of allylic oxidation sites excluding steroid dienone is 4. The van der Waals surface area contributed by atoms with Gasteiger partial charge in [-0.25, -0.2) is 0 Å². The van der Waals surface area contributed by atoms with E-state index in [0.29, 0.717) is 17.0 Å². The zero-order valence-corrected chi connectivity index (χ0v) is 17.2. The fourth-order valence-corrected chi connectivity index (χ4v) is 3.64. The van der Waals surface area contributed by atoms with Crippen molar-refractivity contribution in [1.82, 2.24) is 10.1 Å². The second-order valence-corrected chi connectivity index (χ2v) is 7.73. The summed E-state index contributed by atoms with van der Waals surface area (Å²) in [6, 6.07) is 11.4. The highest BCUT2D eigenvalue weighted by Crippen LogP contribution is 2.40. The predicted octanol–water partition coefficient (Wildman–Crippen LogP) is 6.57. The highest BCUT2D eigenvalue weighted by molar-refractivity contribution is 5.81. The van der Waals surface area contributed by atoms with E-state index in [1.54, 1.807) is 12.1 Å². The molecule has 0 bridgehead atoms. The molecule has 4 rings (SSSR count). The first-order valence-corrected chi connectivity index (χ1v) is 10.0. The van der Waals surface area contributed by atoms with Gasteiger partial charge in [0.25, 0.3) is 5.89 Å². The van der Waals surface area contributed by atoms with Crippen LogP contribution in [0.4, 0.5) is 13.2 Å². The lowest BCUT2D eigenvalue weighted by Gasteiger charge is -2.18. The summed E-state index contributed by atoms with van der Waals surface area (Å²) in [6.07, 6.45) is 0.739. The van der Waals surface area contributed by atoms with E-state index in [1.807, 2.05) is 44.2 Å². The Morgan fingerprint density at radius 3 is 2.42 bits per heavy atom. The normalized spacial score (nSPS) is 15.4. The van der Waals surface area contributed by atoms with E-state index in [4.69, 9.17) is 10.3 Å². The molecular formula is C24H22F3N3O. The van der Waals surface area contributed by atoms with Crippen LogP contribution in [0.3, 0.4) is 0 Å². The quantitative estimate of drug-likeness (QED) is 0.514. The van der Waals surface area contributed by atoms with Gasteiger partial charge in [-0.3, -0.25) is 0 Å². The van der Waals surface area contributed by atoms with E-state index < -0.39 is 11.7 Å². The molecule has 0 spiro atoms. The number of nitrogens with two attached hydrogens (primary N) is 1. The van der Waals surface area contributed by atoms with Gasteiger partial charge >= 0.3 is 6.18 Å². The van der Waals surface area contributed by atoms with Crippen LogP contribution in [-0.2, 0) is 6.18 Å². The van der Waals surface area contributed by atoms with E-state index in [1.165, 1.54) is 6.07 Å². The number of halogens is 3. The van der Waals surface area contributed by atoms with Crippen LogP contribution in [0.5, 0.6) is 0 Å². The fraction of sp³-hybridized carbons (Fsp3) is 0.250. The molecule has 2 aromatic carbocycles. The van der Waals surface area contributed by atoms with Crippen molar-refractivity contribution in [2.45, 2.75) is 38.9 Å². The van der Waals surface area contributed by atoms with Crippen LogP contribution >= 0.6 is 0 Å². The standard InChI is InChI=1S/C24H22F3N3O/c1-14-5-3-4-6-19(14)20-12-11-18(13-21(20)24(25,26)27)23-29-22(30-31-23)17-9-7-16(8-10-17)15(2)28/h4,6-13,15H,3,5,28H2,1-2H3/t15-/m1/s1. The molecule has 1 aliphatic carbocycles. The monoisotopic (exact) mass is 425 g/mol. The van der Waals surface area contributed by atoms with Crippen LogP contribution in [0.15, 0.2) is 64.7 Å². The van der Waals surface area contributed by atoms with Gasteiger partial charge in [0.15, 0.2) is 0 Å². The van der Waals surface area contributed by atoms with Gasteiger partial charge in [0, 0.05) is 17.2 Å². The van der Waals surface area contributed by atoms with Crippen LogP contribution in [0, 0.1) is 0 Å². The van der Waals surface area contributed by atoms with E-state index in [0.717, 1.165) is 30.0 Å². The summed E-state index contributed by atoms with van der Waals surface area (Å²) >= 11 is 0. The minimum Gasteiger partial charge on any atom is -0.334 e. The van der Waals surface area contributed by atoms with Crippen molar-refractivity contribution in [2.75, 3.05) is 0 Å². The zero-order chi connectivity index (χ0) is 22.2. The molecule has 1 aliphatic rings. The Morgan fingerprint density at radius 1 is 1.06 bits per heavy atom. The molecule has 0 saturated carbocycles. The highest BCUT2D eigenvalue weighted by Gasteiger charge is 2.35. The number of rotatable bonds is 4. The topological polar surface area (TPSA) is 64.9 Å². The molecule has 2 N–H and O–H groups in total. The molecule has 0 saturated heterocycles. The third-order valence-corrected chi connectivity index (χ3v) is 5.41. The summed E-state index contributed by atoms with van der Waals surface area (Å²) in [5, 5.41) is 3.93. The second-order valence-electron chi connectivity index (χ2n) is 7.73. The molecular weight excluding hydrogens is 403 g/mol. The maximum absolute atomic E-state index is 13.9. The fourth-order valence-electron chi connectivity index (χ4n) is 3.64. The van der Waals surface area contributed by atoms with Crippen molar-refractivity contribution in [1.29, 1.82) is 0 Å². The SMILES string of the molecule is CC1=C(c2ccc(-c3nc(-c4ccc([C@@H](C)N)cc4)no3)cc2C(F)(F)F)C=CCC1. The van der Waals surface area contributed by atoms with E-state index in [2.05, 4.69) is 10.1 Å². The average molecular weight is 425 g/mol. The molecule has 1 heterocycles. The molecule has 4 nitrogen and oxygen atoms in total. The first-order chi connectivity index (χ1) is 14.7. The smallest absolute Gasteiger partial charge is 0.334 e. The summed E-state index contributed by atoms with van der Waals surface area (Å²) in [7, 11) is 0. The Bertz CT molecular complexity index is 1160. The highest BCUT2D eigenvalue weighted by atomic mass is 19.4. The average Bonchev–Trinajstić information content (AvgIpc) is 3.23. The third-order valence-electron chi connectivity index (χ3n) is 5.41. The second kappa shape index (κ2) is 8.15. The van der Waals surface area contributed by atoms with Gasteiger partial charge in [-0.15, -0.1) is 0 Å². The maximum Gasteiger partial charge on any atom is 0.417 e. The van der Waals surface area contributed by atoms with Crippen LogP contribution < -0.4 is 5.73 Å². The molecule has 0 radical (unpaired) electrons. The van der Waals surface area contributed by atoms with Gasteiger partial charge in [0.1, 0.15) is 0 Å². The molecule has 0 fully saturated rings. The van der Waals surface area contributed by atoms with E-state index in [-0.39, 0.29) is 23.1 Å². The molecule has 160 valence electrons. The van der Waals surface area contributed by atoms with Gasteiger partial charge in [0.05, 0.1) is 5.56 Å². The summed E-state index contributed by atoms with van der Waals surface area (Å²) in [5.74, 6) is 0.339. The Morgan fingerprint density at radius 2 is 1.77 bits per heavy atom. The summed E-state index contributed by atoms with van der Waals surface area (Å²) in [4.78, 5) is 4.30. The van der Waals surface area contributed by atoms with Gasteiger partial charge in [-0.1, -0.05) is 53.2 Å². The van der Waals surface area contributed by atoms with Crippen molar-refractivity contribution in [3.8, 4) is 22.8 Å². The minimum absolute atomic E-state index is 0.0354. The Kier molecular flexibility index (Phi) is 5.54.